The molecule has 0 aromatic carbocycles. The van der Waals surface area contributed by atoms with E-state index in [1.165, 1.54) is 0 Å². The summed E-state index contributed by atoms with van der Waals surface area (Å²) in [5, 5.41) is -3.58. The first kappa shape index (κ1) is 7.14. The summed E-state index contributed by atoms with van der Waals surface area (Å²) in [5.41, 5.74) is 0. The highest BCUT2D eigenvalue weighted by molar-refractivity contribution is 7.81. The van der Waals surface area contributed by atoms with Crippen molar-refractivity contribution in [3.63, 3.8) is 0 Å². The Bertz CT molecular complexity index is 55.7. The molecule has 7 heavy (non-hydrogen) atoms. The van der Waals surface area contributed by atoms with Gasteiger partial charge < -0.3 is 0 Å². The molecule has 0 aliphatic carbocycles. The van der Waals surface area contributed by atoms with Gasteiger partial charge in [0.2, 0.25) is 0 Å². The summed E-state index contributed by atoms with van der Waals surface area (Å²) in [4.78, 5) is 0. The zero-order valence-electron chi connectivity index (χ0n) is 3.62. The first-order valence-corrected chi connectivity index (χ1v) is 2.07. The van der Waals surface area contributed by atoms with E-state index in [0.29, 0.717) is 0 Å². The lowest BCUT2D eigenvalue weighted by atomic mass is 10.5. The predicted molar refractivity (Wildman–Crippen MR) is 23.1 cm³/mol. The van der Waals surface area contributed by atoms with E-state index in [9.17, 15) is 13.2 Å². The second kappa shape index (κ2) is 1.94. The quantitative estimate of drug-likeness (QED) is 0.508. The summed E-state index contributed by atoms with van der Waals surface area (Å²) in [6, 6.07) is 0. The summed E-state index contributed by atoms with van der Waals surface area (Å²) in [5.74, 6) is 0. The molecule has 0 heterocycles. The minimum absolute atomic E-state index is 0.729. The van der Waals surface area contributed by atoms with E-state index >= 15 is 0 Å². The number of alkyl halides is 3. The van der Waals surface area contributed by atoms with Gasteiger partial charge in [0.05, 0.1) is 0 Å². The smallest absolute Gasteiger partial charge is 0.240 e. The fourth-order valence-corrected chi connectivity index (χ4v) is 0. The Morgan fingerprint density at radius 1 is 1.57 bits per heavy atom. The minimum atomic E-state index is -3.58. The molecule has 0 saturated heterocycles. The Balaban J connectivity index is 3.54. The highest BCUT2D eigenvalue weighted by Crippen LogP contribution is 2.24. The maximum atomic E-state index is 11.4. The zero-order chi connectivity index (χ0) is 6.08. The van der Waals surface area contributed by atoms with Crippen molar-refractivity contribution in [3.05, 3.63) is 0 Å². The molecule has 43 valence electrons. The van der Waals surface area contributed by atoms with E-state index in [1.54, 1.807) is 0 Å². The van der Waals surface area contributed by atoms with Gasteiger partial charge in [0, 0.05) is 0 Å². The molecule has 0 saturated carbocycles. The molecular formula is C3H4F3S. The molecule has 1 unspecified atom stereocenters. The topological polar surface area (TPSA) is 0 Å². The number of halogens is 3. The van der Waals surface area contributed by atoms with Crippen LogP contribution >= 0.6 is 12.6 Å². The summed E-state index contributed by atoms with van der Waals surface area (Å²) in [6.07, 6.45) is -2.22. The van der Waals surface area contributed by atoms with Gasteiger partial charge in [0.15, 0.2) is 6.17 Å². The van der Waals surface area contributed by atoms with Crippen LogP contribution in [0.15, 0.2) is 0 Å². The number of hydrogen-bond acceptors (Lipinski definition) is 0. The predicted octanol–water partition coefficient (Wildman–Crippen LogP) is 2.13. The third-order valence-corrected chi connectivity index (χ3v) is 0.788. The van der Waals surface area contributed by atoms with Gasteiger partial charge in [0.1, 0.15) is 0 Å². The largest absolute Gasteiger partial charge is 0.333 e. The second-order valence-corrected chi connectivity index (χ2v) is 1.72. The van der Waals surface area contributed by atoms with Gasteiger partial charge in [-0.05, 0) is 19.6 Å². The molecular weight excluding hydrogens is 125 g/mol. The molecule has 1 radical (unpaired) electrons. The molecule has 0 aromatic heterocycles. The van der Waals surface area contributed by atoms with Crippen LogP contribution in [-0.2, 0) is 0 Å². The van der Waals surface area contributed by atoms with Crippen LogP contribution in [0.1, 0.15) is 6.92 Å². The van der Waals surface area contributed by atoms with Crippen molar-refractivity contribution in [2.45, 2.75) is 18.3 Å². The lowest BCUT2D eigenvalue weighted by Gasteiger charge is -2.06. The molecule has 0 aliphatic heterocycles. The van der Waals surface area contributed by atoms with Gasteiger partial charge in [-0.15, -0.1) is 0 Å². The van der Waals surface area contributed by atoms with Crippen LogP contribution < -0.4 is 0 Å². The zero-order valence-corrected chi connectivity index (χ0v) is 4.44. The third kappa shape index (κ3) is 2.79. The Morgan fingerprint density at radius 3 is 1.71 bits per heavy atom. The third-order valence-electron chi connectivity index (χ3n) is 0.463. The fraction of sp³-hybridized carbons (Fsp3) is 1.00. The Labute approximate surface area is 45.1 Å². The van der Waals surface area contributed by atoms with Crippen molar-refractivity contribution in [1.82, 2.24) is 0 Å². The molecule has 0 amide bonds. The minimum Gasteiger partial charge on any atom is -0.240 e. The van der Waals surface area contributed by atoms with Crippen LogP contribution in [0.5, 0.6) is 0 Å². The summed E-state index contributed by atoms with van der Waals surface area (Å²) in [6.45, 7) is 0.729. The van der Waals surface area contributed by atoms with Crippen LogP contribution in [0.25, 0.3) is 0 Å². The first-order chi connectivity index (χ1) is 2.94. The molecule has 0 rings (SSSR count). The molecule has 0 bridgehead atoms. The summed E-state index contributed by atoms with van der Waals surface area (Å²) >= 11 is 3.40. The van der Waals surface area contributed by atoms with Gasteiger partial charge >= 0.3 is 5.25 Å². The van der Waals surface area contributed by atoms with Gasteiger partial charge in [-0.3, -0.25) is 0 Å². The lowest BCUT2D eigenvalue weighted by molar-refractivity contribution is 0.0265. The van der Waals surface area contributed by atoms with Crippen molar-refractivity contribution >= 4 is 12.6 Å². The monoisotopic (exact) mass is 129 g/mol. The van der Waals surface area contributed by atoms with E-state index in [1.807, 2.05) is 0 Å². The normalized spacial score (nSPS) is 16.7. The van der Waals surface area contributed by atoms with Crippen molar-refractivity contribution in [2.75, 3.05) is 0 Å². The van der Waals surface area contributed by atoms with Gasteiger partial charge in [-0.1, -0.05) is 0 Å². The van der Waals surface area contributed by atoms with Crippen molar-refractivity contribution in [1.29, 1.82) is 0 Å². The van der Waals surface area contributed by atoms with Crippen molar-refractivity contribution < 1.29 is 13.2 Å². The van der Waals surface area contributed by atoms with E-state index in [2.05, 4.69) is 12.6 Å². The second-order valence-electron chi connectivity index (χ2n) is 1.18. The van der Waals surface area contributed by atoms with Gasteiger partial charge in [0.25, 0.3) is 0 Å². The average Bonchev–Trinajstić information content (AvgIpc) is 1.31. The molecule has 0 nitrogen and oxygen atoms in total. The molecule has 0 aromatic rings. The van der Waals surface area contributed by atoms with Crippen LogP contribution in [0.2, 0.25) is 0 Å². The Kier molecular flexibility index (Phi) is 1.98. The van der Waals surface area contributed by atoms with Crippen LogP contribution in [0.4, 0.5) is 13.2 Å². The van der Waals surface area contributed by atoms with E-state index in [4.69, 9.17) is 0 Å². The highest BCUT2D eigenvalue weighted by Gasteiger charge is 2.32. The van der Waals surface area contributed by atoms with Crippen LogP contribution in [0.3, 0.4) is 0 Å². The highest BCUT2D eigenvalue weighted by atomic mass is 32.1. The van der Waals surface area contributed by atoms with Gasteiger partial charge in [-0.2, -0.15) is 8.78 Å². The molecule has 1 atom stereocenters. The number of hydrogen-bond donors (Lipinski definition) is 0. The Morgan fingerprint density at radius 2 is 1.71 bits per heavy atom. The van der Waals surface area contributed by atoms with Gasteiger partial charge in [-0.25, -0.2) is 4.39 Å². The average molecular weight is 129 g/mol. The van der Waals surface area contributed by atoms with E-state index < -0.39 is 11.4 Å². The standard InChI is InChI=1S/C3H4F3S/c1-2(4)3(5,6)7/h2H,1H3. The molecule has 0 spiro atoms. The molecule has 0 N–H and O–H groups in total. The van der Waals surface area contributed by atoms with Crippen molar-refractivity contribution in [3.8, 4) is 0 Å². The Hall–Kier alpha value is 0.140. The van der Waals surface area contributed by atoms with Crippen molar-refractivity contribution in [2.24, 2.45) is 0 Å². The lowest BCUT2D eigenvalue weighted by Crippen LogP contribution is -2.18. The maximum Gasteiger partial charge on any atom is 0.333 e. The SMILES string of the molecule is CC(F)C(F)(F)[S]. The first-order valence-electron chi connectivity index (χ1n) is 1.67. The van der Waals surface area contributed by atoms with E-state index in [-0.39, 0.29) is 0 Å². The number of rotatable bonds is 1. The van der Waals surface area contributed by atoms with Crippen LogP contribution in [-0.4, -0.2) is 11.4 Å². The molecule has 0 aliphatic rings. The molecule has 4 heteroatoms. The maximum absolute atomic E-state index is 11.4. The fourth-order valence-electron chi connectivity index (χ4n) is 0. The summed E-state index contributed by atoms with van der Waals surface area (Å²) < 4.78 is 33.9. The summed E-state index contributed by atoms with van der Waals surface area (Å²) in [7, 11) is 0. The molecule has 0 fully saturated rings. The van der Waals surface area contributed by atoms with Crippen LogP contribution in [0, 0.1) is 0 Å². The van der Waals surface area contributed by atoms with E-state index in [0.717, 1.165) is 6.92 Å².